The quantitative estimate of drug-likeness (QED) is 0.883. The number of halogens is 2. The molecular formula is C13H16F2N2O2S2. The Labute approximate surface area is 126 Å². The van der Waals surface area contributed by atoms with Crippen molar-refractivity contribution in [2.24, 2.45) is 0 Å². The van der Waals surface area contributed by atoms with E-state index in [1.165, 1.54) is 18.4 Å². The Balaban J connectivity index is 2.60. The van der Waals surface area contributed by atoms with E-state index in [-0.39, 0.29) is 4.90 Å². The summed E-state index contributed by atoms with van der Waals surface area (Å²) in [6.45, 7) is -0.443. The number of hydrogen-bond donors (Lipinski definition) is 1. The molecule has 0 radical (unpaired) electrons. The zero-order chi connectivity index (χ0) is 15.6. The van der Waals surface area contributed by atoms with E-state index in [1.54, 1.807) is 19.2 Å². The molecule has 8 heteroatoms. The Hall–Kier alpha value is -1.09. The van der Waals surface area contributed by atoms with Crippen LogP contribution < -0.4 is 5.32 Å². The van der Waals surface area contributed by atoms with E-state index < -0.39 is 23.0 Å². The summed E-state index contributed by atoms with van der Waals surface area (Å²) in [5, 5.41) is 3.49. The van der Waals surface area contributed by atoms with Crippen LogP contribution in [0.5, 0.6) is 0 Å². The minimum atomic E-state index is -3.95. The molecule has 1 aromatic carbocycles. The molecular weight excluding hydrogens is 318 g/mol. The lowest BCUT2D eigenvalue weighted by Gasteiger charge is -2.17. The largest absolute Gasteiger partial charge is 0.315 e. The fourth-order valence-corrected chi connectivity index (χ4v) is 5.13. The highest BCUT2D eigenvalue weighted by molar-refractivity contribution is 7.89. The molecule has 0 atom stereocenters. The van der Waals surface area contributed by atoms with Gasteiger partial charge in [-0.05, 0) is 13.1 Å². The van der Waals surface area contributed by atoms with E-state index in [4.69, 9.17) is 0 Å². The maximum absolute atomic E-state index is 12.6. The summed E-state index contributed by atoms with van der Waals surface area (Å²) in [5.74, 6) is 0. The molecule has 1 aromatic heterocycles. The van der Waals surface area contributed by atoms with Crippen molar-refractivity contribution >= 4 is 31.4 Å². The maximum atomic E-state index is 12.6. The average molecular weight is 334 g/mol. The molecule has 0 bridgehead atoms. The molecule has 0 aliphatic carbocycles. The standard InChI is InChI=1S/C13H16F2N2O2S2/c1-16-7-11-13(9-5-3-4-6-10(9)20-11)21(18,19)17(2)8-12(14)15/h3-6,12,16H,7-8H2,1-2H3. The van der Waals surface area contributed by atoms with E-state index >= 15 is 0 Å². The first kappa shape index (κ1) is 16.3. The second kappa shape index (κ2) is 6.35. The van der Waals surface area contributed by atoms with E-state index in [0.29, 0.717) is 21.1 Å². The molecule has 2 aromatic rings. The SMILES string of the molecule is CNCc1sc2ccccc2c1S(=O)(=O)N(C)CC(F)F. The van der Waals surface area contributed by atoms with Gasteiger partial charge in [0.05, 0.1) is 6.54 Å². The second-order valence-electron chi connectivity index (χ2n) is 4.56. The van der Waals surface area contributed by atoms with Gasteiger partial charge in [0.2, 0.25) is 10.0 Å². The topological polar surface area (TPSA) is 49.4 Å². The van der Waals surface area contributed by atoms with Gasteiger partial charge in [-0.2, -0.15) is 4.31 Å². The normalized spacial score (nSPS) is 12.7. The van der Waals surface area contributed by atoms with Gasteiger partial charge in [-0.15, -0.1) is 11.3 Å². The number of sulfonamides is 1. The summed E-state index contributed by atoms with van der Waals surface area (Å²) in [7, 11) is -1.06. The van der Waals surface area contributed by atoms with Crippen LogP contribution in [0.4, 0.5) is 8.78 Å². The number of rotatable bonds is 6. The summed E-state index contributed by atoms with van der Waals surface area (Å²) in [6, 6.07) is 7.09. The third-order valence-electron chi connectivity index (χ3n) is 3.02. The third kappa shape index (κ3) is 3.23. The van der Waals surface area contributed by atoms with Gasteiger partial charge in [0.15, 0.2) is 0 Å². The zero-order valence-corrected chi connectivity index (χ0v) is 13.3. The van der Waals surface area contributed by atoms with Crippen molar-refractivity contribution in [2.45, 2.75) is 17.9 Å². The summed E-state index contributed by atoms with van der Waals surface area (Å²) in [6.07, 6.45) is -2.71. The van der Waals surface area contributed by atoms with Gasteiger partial charge in [0.1, 0.15) is 4.90 Å². The van der Waals surface area contributed by atoms with Gasteiger partial charge in [0, 0.05) is 28.6 Å². The van der Waals surface area contributed by atoms with E-state index in [2.05, 4.69) is 5.32 Å². The summed E-state index contributed by atoms with van der Waals surface area (Å²) in [5.41, 5.74) is 0. The van der Waals surface area contributed by atoms with Gasteiger partial charge < -0.3 is 5.32 Å². The predicted octanol–water partition coefficient (Wildman–Crippen LogP) is 2.51. The van der Waals surface area contributed by atoms with Crippen LogP contribution in [0.3, 0.4) is 0 Å². The Morgan fingerprint density at radius 2 is 2.00 bits per heavy atom. The Morgan fingerprint density at radius 1 is 1.33 bits per heavy atom. The number of thiophene rings is 1. The summed E-state index contributed by atoms with van der Waals surface area (Å²) in [4.78, 5) is 0.750. The molecule has 0 amide bonds. The molecule has 0 aliphatic heterocycles. The highest BCUT2D eigenvalue weighted by atomic mass is 32.2. The molecule has 0 aliphatic rings. The van der Waals surface area contributed by atoms with Crippen molar-refractivity contribution < 1.29 is 17.2 Å². The van der Waals surface area contributed by atoms with Crippen LogP contribution in [0, 0.1) is 0 Å². The zero-order valence-electron chi connectivity index (χ0n) is 11.6. The van der Waals surface area contributed by atoms with Crippen LogP contribution >= 0.6 is 11.3 Å². The fourth-order valence-electron chi connectivity index (χ4n) is 2.08. The van der Waals surface area contributed by atoms with Crippen molar-refractivity contribution in [3.63, 3.8) is 0 Å². The highest BCUT2D eigenvalue weighted by Gasteiger charge is 2.29. The first-order valence-electron chi connectivity index (χ1n) is 6.27. The van der Waals surface area contributed by atoms with Crippen LogP contribution in [-0.2, 0) is 16.6 Å². The number of nitrogens with zero attached hydrogens (tertiary/aromatic N) is 1. The van der Waals surface area contributed by atoms with Gasteiger partial charge in [0.25, 0.3) is 6.43 Å². The maximum Gasteiger partial charge on any atom is 0.252 e. The van der Waals surface area contributed by atoms with Crippen molar-refractivity contribution in [2.75, 3.05) is 20.6 Å². The monoisotopic (exact) mass is 334 g/mol. The molecule has 0 saturated heterocycles. The molecule has 0 saturated carbocycles. The van der Waals surface area contributed by atoms with Gasteiger partial charge in [-0.25, -0.2) is 17.2 Å². The van der Waals surface area contributed by atoms with Crippen LogP contribution in [0.2, 0.25) is 0 Å². The van der Waals surface area contributed by atoms with Crippen molar-refractivity contribution in [3.05, 3.63) is 29.1 Å². The molecule has 1 N–H and O–H groups in total. The van der Waals surface area contributed by atoms with Crippen LogP contribution in [0.25, 0.3) is 10.1 Å². The minimum absolute atomic E-state index is 0.126. The number of hydrogen-bond acceptors (Lipinski definition) is 4. The van der Waals surface area contributed by atoms with Crippen LogP contribution in [-0.4, -0.2) is 39.8 Å². The van der Waals surface area contributed by atoms with Gasteiger partial charge in [-0.1, -0.05) is 18.2 Å². The average Bonchev–Trinajstić information content (AvgIpc) is 2.76. The molecule has 2 rings (SSSR count). The van der Waals surface area contributed by atoms with E-state index in [9.17, 15) is 17.2 Å². The smallest absolute Gasteiger partial charge is 0.252 e. The van der Waals surface area contributed by atoms with Gasteiger partial charge >= 0.3 is 0 Å². The number of benzene rings is 1. The first-order chi connectivity index (χ1) is 9.87. The van der Waals surface area contributed by atoms with E-state index in [0.717, 1.165) is 4.70 Å². The number of fused-ring (bicyclic) bond motifs is 1. The number of nitrogens with one attached hydrogen (secondary N) is 1. The van der Waals surface area contributed by atoms with Crippen LogP contribution in [0.15, 0.2) is 29.2 Å². The predicted molar refractivity (Wildman–Crippen MR) is 80.4 cm³/mol. The molecule has 0 fully saturated rings. The van der Waals surface area contributed by atoms with Crippen LogP contribution in [0.1, 0.15) is 4.88 Å². The van der Waals surface area contributed by atoms with Crippen molar-refractivity contribution in [1.29, 1.82) is 0 Å². The lowest BCUT2D eigenvalue weighted by molar-refractivity contribution is 0.126. The fraction of sp³-hybridized carbons (Fsp3) is 0.385. The van der Waals surface area contributed by atoms with Gasteiger partial charge in [-0.3, -0.25) is 0 Å². The van der Waals surface area contributed by atoms with E-state index in [1.807, 2.05) is 12.1 Å². The molecule has 21 heavy (non-hydrogen) atoms. The molecule has 4 nitrogen and oxygen atoms in total. The second-order valence-corrected chi connectivity index (χ2v) is 7.68. The first-order valence-corrected chi connectivity index (χ1v) is 8.53. The molecule has 1 heterocycles. The Morgan fingerprint density at radius 3 is 2.62 bits per heavy atom. The lowest BCUT2D eigenvalue weighted by Crippen LogP contribution is -2.32. The minimum Gasteiger partial charge on any atom is -0.315 e. The highest BCUT2D eigenvalue weighted by Crippen LogP contribution is 2.36. The Bertz CT molecular complexity index is 729. The summed E-state index contributed by atoms with van der Waals surface area (Å²) >= 11 is 1.36. The number of alkyl halides is 2. The molecule has 0 unspecified atom stereocenters. The Kier molecular flexibility index (Phi) is 4.92. The third-order valence-corrected chi connectivity index (χ3v) is 6.27. The lowest BCUT2D eigenvalue weighted by atomic mass is 10.2. The van der Waals surface area contributed by atoms with Crippen molar-refractivity contribution in [3.8, 4) is 0 Å². The molecule has 0 spiro atoms. The molecule has 116 valence electrons. The van der Waals surface area contributed by atoms with Crippen molar-refractivity contribution in [1.82, 2.24) is 9.62 Å². The summed E-state index contributed by atoms with van der Waals surface area (Å²) < 4.78 is 51.8.